The third kappa shape index (κ3) is 5.64. The van der Waals surface area contributed by atoms with Gasteiger partial charge in [0.1, 0.15) is 6.54 Å². The van der Waals surface area contributed by atoms with Gasteiger partial charge in [0, 0.05) is 12.2 Å². The summed E-state index contributed by atoms with van der Waals surface area (Å²) in [6.07, 6.45) is -9.45. The molecule has 144 valence electrons. The molecule has 0 saturated carbocycles. The molecule has 0 aliphatic heterocycles. The predicted molar refractivity (Wildman–Crippen MR) is 89.2 cm³/mol. The van der Waals surface area contributed by atoms with Crippen molar-refractivity contribution in [2.45, 2.75) is 32.7 Å². The lowest BCUT2D eigenvalue weighted by Gasteiger charge is -2.27. The lowest BCUT2D eigenvalue weighted by atomic mass is 10.0. The monoisotopic (exact) mass is 386 g/mol. The van der Waals surface area contributed by atoms with Crippen molar-refractivity contribution in [1.29, 1.82) is 5.26 Å². The van der Waals surface area contributed by atoms with Gasteiger partial charge in [-0.05, 0) is 37.6 Å². The van der Waals surface area contributed by atoms with Crippen molar-refractivity contribution in [3.05, 3.63) is 64.2 Å². The maximum atomic E-state index is 13.2. The lowest BCUT2D eigenvalue weighted by Crippen LogP contribution is -2.34. The zero-order chi connectivity index (χ0) is 20.4. The normalized spacial score (nSPS) is 12.0. The molecule has 27 heavy (non-hydrogen) atoms. The maximum absolute atomic E-state index is 13.2. The largest absolute Gasteiger partial charge is 0.417 e. The van der Waals surface area contributed by atoms with Gasteiger partial charge in [0.2, 0.25) is 0 Å². The van der Waals surface area contributed by atoms with Crippen LogP contribution in [0.1, 0.15) is 27.8 Å². The highest BCUT2D eigenvalue weighted by Gasteiger charge is 2.36. The first-order valence-electron chi connectivity index (χ1n) is 7.89. The van der Waals surface area contributed by atoms with Crippen molar-refractivity contribution in [3.63, 3.8) is 0 Å². The molecule has 0 saturated heterocycles. The highest BCUT2D eigenvalue weighted by atomic mass is 19.4. The van der Waals surface area contributed by atoms with E-state index >= 15 is 0 Å². The van der Waals surface area contributed by atoms with Crippen LogP contribution in [0.2, 0.25) is 0 Å². The van der Waals surface area contributed by atoms with E-state index in [1.807, 2.05) is 6.07 Å². The number of benzene rings is 2. The average molecular weight is 386 g/mol. The number of halogens is 6. The summed E-state index contributed by atoms with van der Waals surface area (Å²) >= 11 is 0. The number of anilines is 1. The summed E-state index contributed by atoms with van der Waals surface area (Å²) in [4.78, 5) is 0.824. The van der Waals surface area contributed by atoms with Crippen LogP contribution in [0.4, 0.5) is 32.0 Å². The molecule has 2 nitrogen and oxygen atoms in total. The van der Waals surface area contributed by atoms with Gasteiger partial charge >= 0.3 is 12.4 Å². The zero-order valence-corrected chi connectivity index (χ0v) is 14.5. The molecule has 0 atom stereocenters. The summed E-state index contributed by atoms with van der Waals surface area (Å²) in [6.45, 7) is 1.94. The van der Waals surface area contributed by atoms with Crippen LogP contribution in [0, 0.1) is 25.2 Å². The molecule has 0 bridgehead atoms. The van der Waals surface area contributed by atoms with Crippen molar-refractivity contribution < 1.29 is 26.3 Å². The Bertz CT molecular complexity index is 842. The highest BCUT2D eigenvalue weighted by molar-refractivity contribution is 5.55. The van der Waals surface area contributed by atoms with E-state index in [9.17, 15) is 26.3 Å². The molecule has 0 spiro atoms. The molecule has 0 amide bonds. The van der Waals surface area contributed by atoms with Crippen molar-refractivity contribution in [3.8, 4) is 6.07 Å². The highest BCUT2D eigenvalue weighted by Crippen LogP contribution is 2.35. The minimum Gasteiger partial charge on any atom is -0.358 e. The number of aryl methyl sites for hydroxylation is 2. The first-order chi connectivity index (χ1) is 12.4. The zero-order valence-electron chi connectivity index (χ0n) is 14.5. The standard InChI is InChI=1S/C19H16F6N2/c1-12-5-13(2)7-14(6-12)10-27(11-18(20,21)22)16-4-3-15(9-26)17(8-16)19(23,24)25/h3-8H,10-11H2,1-2H3. The number of alkyl halides is 6. The van der Waals surface area contributed by atoms with Crippen LogP contribution >= 0.6 is 0 Å². The Morgan fingerprint density at radius 1 is 0.926 bits per heavy atom. The molecular weight excluding hydrogens is 370 g/mol. The number of nitrogens with zero attached hydrogens (tertiary/aromatic N) is 2. The lowest BCUT2D eigenvalue weighted by molar-refractivity contribution is -0.137. The van der Waals surface area contributed by atoms with Crippen molar-refractivity contribution in [1.82, 2.24) is 0 Å². The molecule has 0 heterocycles. The van der Waals surface area contributed by atoms with Crippen LogP contribution in [-0.4, -0.2) is 12.7 Å². The second-order valence-electron chi connectivity index (χ2n) is 6.31. The third-order valence-corrected chi connectivity index (χ3v) is 3.82. The van der Waals surface area contributed by atoms with E-state index in [4.69, 9.17) is 5.26 Å². The summed E-state index contributed by atoms with van der Waals surface area (Å²) in [5, 5.41) is 8.85. The van der Waals surface area contributed by atoms with E-state index in [2.05, 4.69) is 0 Å². The molecule has 2 aromatic rings. The Labute approximate surface area is 152 Å². The van der Waals surface area contributed by atoms with Gasteiger partial charge in [-0.25, -0.2) is 0 Å². The topological polar surface area (TPSA) is 27.0 Å². The Balaban J connectivity index is 2.49. The predicted octanol–water partition coefficient (Wildman–Crippen LogP) is 5.76. The number of rotatable bonds is 4. The van der Waals surface area contributed by atoms with Gasteiger partial charge in [0.25, 0.3) is 0 Å². The van der Waals surface area contributed by atoms with E-state index in [0.29, 0.717) is 11.6 Å². The van der Waals surface area contributed by atoms with Gasteiger partial charge in [0.05, 0.1) is 17.2 Å². The smallest absolute Gasteiger partial charge is 0.358 e. The molecule has 0 unspecified atom stereocenters. The van der Waals surface area contributed by atoms with Crippen LogP contribution in [0.5, 0.6) is 0 Å². The number of hydrogen-bond donors (Lipinski definition) is 0. The van der Waals surface area contributed by atoms with Gasteiger partial charge in [-0.1, -0.05) is 29.3 Å². The van der Waals surface area contributed by atoms with Gasteiger partial charge < -0.3 is 4.90 Å². The SMILES string of the molecule is Cc1cc(C)cc(CN(CC(F)(F)F)c2ccc(C#N)c(C(F)(F)F)c2)c1. The van der Waals surface area contributed by atoms with E-state index in [1.54, 1.807) is 26.0 Å². The third-order valence-electron chi connectivity index (χ3n) is 3.82. The van der Waals surface area contributed by atoms with Crippen LogP contribution < -0.4 is 4.90 Å². The molecule has 0 aliphatic carbocycles. The Morgan fingerprint density at radius 3 is 2.00 bits per heavy atom. The second-order valence-corrected chi connectivity index (χ2v) is 6.31. The van der Waals surface area contributed by atoms with Crippen molar-refractivity contribution >= 4 is 5.69 Å². The molecule has 0 radical (unpaired) electrons. The first-order valence-corrected chi connectivity index (χ1v) is 7.89. The quantitative estimate of drug-likeness (QED) is 0.625. The van der Waals surface area contributed by atoms with Crippen LogP contribution in [0.3, 0.4) is 0 Å². The van der Waals surface area contributed by atoms with Gasteiger partial charge in [-0.3, -0.25) is 0 Å². The molecule has 8 heteroatoms. The first kappa shape index (κ1) is 20.6. The summed E-state index contributed by atoms with van der Waals surface area (Å²) in [6, 6.07) is 9.22. The summed E-state index contributed by atoms with van der Waals surface area (Å²) < 4.78 is 78.5. The fourth-order valence-corrected chi connectivity index (χ4v) is 2.90. The second kappa shape index (κ2) is 7.51. The molecule has 0 aromatic heterocycles. The van der Waals surface area contributed by atoms with Gasteiger partial charge in [-0.2, -0.15) is 31.6 Å². The van der Waals surface area contributed by atoms with Crippen LogP contribution in [0.25, 0.3) is 0 Å². The molecule has 2 rings (SSSR count). The van der Waals surface area contributed by atoms with Crippen LogP contribution in [0.15, 0.2) is 36.4 Å². The number of hydrogen-bond acceptors (Lipinski definition) is 2. The maximum Gasteiger partial charge on any atom is 0.417 e. The minimum atomic E-state index is -4.84. The van der Waals surface area contributed by atoms with Crippen molar-refractivity contribution in [2.75, 3.05) is 11.4 Å². The Kier molecular flexibility index (Phi) is 5.73. The molecule has 0 N–H and O–H groups in total. The Hall–Kier alpha value is -2.69. The summed E-state index contributed by atoms with van der Waals surface area (Å²) in [5.41, 5.74) is 0.0905. The van der Waals surface area contributed by atoms with E-state index < -0.39 is 30.0 Å². The number of nitriles is 1. The fourth-order valence-electron chi connectivity index (χ4n) is 2.90. The van der Waals surface area contributed by atoms with E-state index in [1.165, 1.54) is 6.07 Å². The molecular formula is C19H16F6N2. The van der Waals surface area contributed by atoms with Gasteiger partial charge in [0.15, 0.2) is 0 Å². The van der Waals surface area contributed by atoms with Crippen LogP contribution in [-0.2, 0) is 12.7 Å². The minimum absolute atomic E-state index is 0.217. The molecule has 0 aliphatic rings. The summed E-state index contributed by atoms with van der Waals surface area (Å²) in [7, 11) is 0. The molecule has 2 aromatic carbocycles. The Morgan fingerprint density at radius 2 is 1.52 bits per heavy atom. The molecule has 0 fully saturated rings. The fraction of sp³-hybridized carbons (Fsp3) is 0.316. The van der Waals surface area contributed by atoms with Crippen molar-refractivity contribution in [2.24, 2.45) is 0 Å². The average Bonchev–Trinajstić information content (AvgIpc) is 2.50. The van der Waals surface area contributed by atoms with Gasteiger partial charge in [-0.15, -0.1) is 0 Å². The summed E-state index contributed by atoms with van der Waals surface area (Å²) in [5.74, 6) is 0. The van der Waals surface area contributed by atoms with E-state index in [0.717, 1.165) is 28.2 Å². The van der Waals surface area contributed by atoms with E-state index in [-0.39, 0.29) is 12.2 Å².